The van der Waals surface area contributed by atoms with Crippen molar-refractivity contribution >= 4 is 23.2 Å². The molecule has 112 valence electrons. The minimum Gasteiger partial charge on any atom is -0.439 e. The molecule has 0 unspecified atom stereocenters. The van der Waals surface area contributed by atoms with Crippen LogP contribution < -0.4 is 10.1 Å². The molecule has 0 fully saturated rings. The largest absolute Gasteiger partial charge is 0.439 e. The third-order valence-electron chi connectivity index (χ3n) is 3.03. The van der Waals surface area contributed by atoms with Gasteiger partial charge in [-0.2, -0.15) is 0 Å². The molecule has 0 spiro atoms. The Labute approximate surface area is 135 Å². The molecule has 2 aromatic rings. The molecule has 0 saturated heterocycles. The molecule has 1 N–H and O–H groups in total. The van der Waals surface area contributed by atoms with Gasteiger partial charge in [-0.25, -0.2) is 4.98 Å². The summed E-state index contributed by atoms with van der Waals surface area (Å²) in [5.41, 5.74) is 2.13. The van der Waals surface area contributed by atoms with Crippen LogP contribution in [0.5, 0.6) is 11.6 Å². The second-order valence-electron chi connectivity index (χ2n) is 4.75. The van der Waals surface area contributed by atoms with E-state index in [0.717, 1.165) is 25.2 Å². The van der Waals surface area contributed by atoms with Crippen LogP contribution in [0.2, 0.25) is 10.0 Å². The zero-order valence-corrected chi connectivity index (χ0v) is 13.6. The summed E-state index contributed by atoms with van der Waals surface area (Å²) in [6.07, 6.45) is 1.12. The van der Waals surface area contributed by atoms with Crippen molar-refractivity contribution in [1.82, 2.24) is 10.3 Å². The third kappa shape index (κ3) is 4.60. The number of rotatable bonds is 6. The lowest BCUT2D eigenvalue weighted by atomic mass is 10.2. The van der Waals surface area contributed by atoms with Crippen LogP contribution in [0, 0.1) is 6.92 Å². The fraction of sp³-hybridized carbons (Fsp3) is 0.312. The smallest absolute Gasteiger partial charge is 0.219 e. The third-order valence-corrected chi connectivity index (χ3v) is 3.76. The SMILES string of the molecule is CCCNCc1ccc(Oc2ccc(Cl)c(Cl)c2)nc1C. The van der Waals surface area contributed by atoms with Gasteiger partial charge in [-0.3, -0.25) is 0 Å². The molecule has 0 bridgehead atoms. The number of aryl methyl sites for hydroxylation is 1. The molecule has 0 radical (unpaired) electrons. The lowest BCUT2D eigenvalue weighted by Crippen LogP contribution is -2.15. The average Bonchev–Trinajstić information content (AvgIpc) is 2.45. The van der Waals surface area contributed by atoms with Crippen molar-refractivity contribution in [3.63, 3.8) is 0 Å². The van der Waals surface area contributed by atoms with E-state index < -0.39 is 0 Å². The van der Waals surface area contributed by atoms with Gasteiger partial charge in [0.2, 0.25) is 5.88 Å². The minimum absolute atomic E-state index is 0.464. The lowest BCUT2D eigenvalue weighted by molar-refractivity contribution is 0.461. The highest BCUT2D eigenvalue weighted by Crippen LogP contribution is 2.29. The maximum atomic E-state index is 5.97. The van der Waals surface area contributed by atoms with Gasteiger partial charge in [0.1, 0.15) is 5.75 Å². The van der Waals surface area contributed by atoms with E-state index in [1.54, 1.807) is 18.2 Å². The quantitative estimate of drug-likeness (QED) is 0.760. The molecule has 0 aliphatic rings. The lowest BCUT2D eigenvalue weighted by Gasteiger charge is -2.10. The number of pyridine rings is 1. The first kappa shape index (κ1) is 16.1. The normalized spacial score (nSPS) is 10.7. The number of benzene rings is 1. The summed E-state index contributed by atoms with van der Waals surface area (Å²) in [4.78, 5) is 4.46. The molecule has 0 aliphatic heterocycles. The Hall–Kier alpha value is -1.29. The van der Waals surface area contributed by atoms with Gasteiger partial charge in [-0.15, -0.1) is 0 Å². The Kier molecular flexibility index (Phi) is 5.85. The van der Waals surface area contributed by atoms with Crippen LogP contribution in [0.4, 0.5) is 0 Å². The van der Waals surface area contributed by atoms with Crippen molar-refractivity contribution in [1.29, 1.82) is 0 Å². The van der Waals surface area contributed by atoms with Crippen molar-refractivity contribution in [2.75, 3.05) is 6.54 Å². The van der Waals surface area contributed by atoms with Crippen molar-refractivity contribution in [2.24, 2.45) is 0 Å². The number of hydrogen-bond donors (Lipinski definition) is 1. The Balaban J connectivity index is 2.07. The van der Waals surface area contributed by atoms with E-state index >= 15 is 0 Å². The van der Waals surface area contributed by atoms with Gasteiger partial charge < -0.3 is 10.1 Å². The number of hydrogen-bond acceptors (Lipinski definition) is 3. The molecule has 21 heavy (non-hydrogen) atoms. The van der Waals surface area contributed by atoms with E-state index in [9.17, 15) is 0 Å². The summed E-state index contributed by atoms with van der Waals surface area (Å²) in [6, 6.07) is 9.03. The summed E-state index contributed by atoms with van der Waals surface area (Å²) in [6.45, 7) is 5.94. The monoisotopic (exact) mass is 324 g/mol. The first-order valence-corrected chi connectivity index (χ1v) is 7.66. The predicted molar refractivity (Wildman–Crippen MR) is 87.5 cm³/mol. The molecule has 1 aromatic carbocycles. The maximum absolute atomic E-state index is 5.97. The standard InChI is InChI=1S/C16H18Cl2N2O/c1-3-8-19-10-12-4-7-16(20-11(12)2)21-13-5-6-14(17)15(18)9-13/h4-7,9,19H,3,8,10H2,1-2H3. The average molecular weight is 325 g/mol. The fourth-order valence-electron chi connectivity index (χ4n) is 1.87. The second-order valence-corrected chi connectivity index (χ2v) is 5.56. The van der Waals surface area contributed by atoms with E-state index in [2.05, 4.69) is 17.2 Å². The van der Waals surface area contributed by atoms with Crippen molar-refractivity contribution in [3.05, 3.63) is 51.6 Å². The van der Waals surface area contributed by atoms with Crippen molar-refractivity contribution in [2.45, 2.75) is 26.8 Å². The van der Waals surface area contributed by atoms with Gasteiger partial charge in [-0.05, 0) is 37.6 Å². The van der Waals surface area contributed by atoms with Gasteiger partial charge in [0.15, 0.2) is 0 Å². The minimum atomic E-state index is 0.464. The summed E-state index contributed by atoms with van der Waals surface area (Å²) in [5.74, 6) is 1.17. The molecule has 3 nitrogen and oxygen atoms in total. The van der Waals surface area contributed by atoms with Gasteiger partial charge in [0.05, 0.1) is 10.0 Å². The predicted octanol–water partition coefficient (Wildman–Crippen LogP) is 4.99. The number of halogens is 2. The van der Waals surface area contributed by atoms with Crippen LogP contribution in [-0.2, 0) is 6.54 Å². The Bertz CT molecular complexity index is 617. The van der Waals surface area contributed by atoms with Gasteiger partial charge >= 0.3 is 0 Å². The van der Waals surface area contributed by atoms with E-state index in [1.807, 2.05) is 19.1 Å². The summed E-state index contributed by atoms with van der Waals surface area (Å²) < 4.78 is 5.70. The molecule has 0 amide bonds. The molecule has 0 aliphatic carbocycles. The highest BCUT2D eigenvalue weighted by Gasteiger charge is 2.05. The summed E-state index contributed by atoms with van der Waals surface area (Å²) in [7, 11) is 0. The number of aromatic nitrogens is 1. The number of nitrogens with zero attached hydrogens (tertiary/aromatic N) is 1. The van der Waals surface area contributed by atoms with Crippen molar-refractivity contribution in [3.8, 4) is 11.6 Å². The van der Waals surface area contributed by atoms with Gasteiger partial charge in [0.25, 0.3) is 0 Å². The topological polar surface area (TPSA) is 34.1 Å². The van der Waals surface area contributed by atoms with E-state index in [1.165, 1.54) is 5.56 Å². The molecule has 2 rings (SSSR count). The molecule has 1 heterocycles. The van der Waals surface area contributed by atoms with E-state index in [0.29, 0.717) is 21.7 Å². The Morgan fingerprint density at radius 3 is 2.62 bits per heavy atom. The van der Waals surface area contributed by atoms with Crippen LogP contribution in [0.3, 0.4) is 0 Å². The van der Waals surface area contributed by atoms with E-state index in [4.69, 9.17) is 27.9 Å². The van der Waals surface area contributed by atoms with Crippen molar-refractivity contribution < 1.29 is 4.74 Å². The number of nitrogens with one attached hydrogen (secondary N) is 1. The molecular formula is C16H18Cl2N2O. The molecule has 0 atom stereocenters. The van der Waals surface area contributed by atoms with Gasteiger partial charge in [-0.1, -0.05) is 36.2 Å². The molecular weight excluding hydrogens is 307 g/mol. The van der Waals surface area contributed by atoms with Crippen LogP contribution in [-0.4, -0.2) is 11.5 Å². The second kappa shape index (κ2) is 7.64. The zero-order chi connectivity index (χ0) is 15.2. The summed E-state index contributed by atoms with van der Waals surface area (Å²) in [5, 5.41) is 4.33. The fourth-order valence-corrected chi connectivity index (χ4v) is 2.16. The zero-order valence-electron chi connectivity index (χ0n) is 12.1. The molecule has 1 aromatic heterocycles. The van der Waals surface area contributed by atoms with Crippen LogP contribution >= 0.6 is 23.2 Å². The highest BCUT2D eigenvalue weighted by atomic mass is 35.5. The van der Waals surface area contributed by atoms with Crippen LogP contribution in [0.25, 0.3) is 0 Å². The van der Waals surface area contributed by atoms with Crippen LogP contribution in [0.1, 0.15) is 24.6 Å². The number of ether oxygens (including phenoxy) is 1. The molecule has 0 saturated carbocycles. The maximum Gasteiger partial charge on any atom is 0.219 e. The Morgan fingerprint density at radius 1 is 1.14 bits per heavy atom. The van der Waals surface area contributed by atoms with Crippen LogP contribution in [0.15, 0.2) is 30.3 Å². The summed E-state index contributed by atoms with van der Waals surface area (Å²) >= 11 is 11.8. The Morgan fingerprint density at radius 2 is 1.95 bits per heavy atom. The highest BCUT2D eigenvalue weighted by molar-refractivity contribution is 6.42. The molecule has 5 heteroatoms. The first-order valence-electron chi connectivity index (χ1n) is 6.90. The van der Waals surface area contributed by atoms with Gasteiger partial charge in [0, 0.05) is 24.4 Å². The van der Waals surface area contributed by atoms with E-state index in [-0.39, 0.29) is 0 Å². The first-order chi connectivity index (χ1) is 10.1.